The summed E-state index contributed by atoms with van der Waals surface area (Å²) in [5, 5.41) is 4.99. The lowest BCUT2D eigenvalue weighted by Crippen LogP contribution is -2.66. The number of rotatable bonds is 6. The van der Waals surface area contributed by atoms with Crippen molar-refractivity contribution in [3.05, 3.63) is 82.6 Å². The lowest BCUT2D eigenvalue weighted by molar-refractivity contribution is 0.302. The molecule has 0 radical (unpaired) electrons. The molecular formula is C23H28OSSi. The summed E-state index contributed by atoms with van der Waals surface area (Å²) in [6, 6.07) is 24.0. The van der Waals surface area contributed by atoms with E-state index >= 15 is 0 Å². The number of thiophene rings is 1. The third kappa shape index (κ3) is 3.85. The van der Waals surface area contributed by atoms with Crippen molar-refractivity contribution in [3.63, 3.8) is 0 Å². The molecule has 0 saturated carbocycles. The molecule has 3 aromatic rings. The van der Waals surface area contributed by atoms with Gasteiger partial charge in [-0.05, 0) is 45.8 Å². The molecule has 0 saturated heterocycles. The van der Waals surface area contributed by atoms with Gasteiger partial charge < -0.3 is 4.43 Å². The second kappa shape index (κ2) is 7.91. The molecule has 0 spiro atoms. The van der Waals surface area contributed by atoms with E-state index < -0.39 is 8.32 Å². The summed E-state index contributed by atoms with van der Waals surface area (Å²) in [6.45, 7) is 9.90. The maximum Gasteiger partial charge on any atom is 0.261 e. The maximum atomic E-state index is 6.92. The topological polar surface area (TPSA) is 9.23 Å². The van der Waals surface area contributed by atoms with Gasteiger partial charge in [-0.2, -0.15) is 0 Å². The Morgan fingerprint density at radius 3 is 1.85 bits per heavy atom. The van der Waals surface area contributed by atoms with Gasteiger partial charge in [0.1, 0.15) is 0 Å². The van der Waals surface area contributed by atoms with E-state index in [-0.39, 0.29) is 5.04 Å². The van der Waals surface area contributed by atoms with E-state index in [1.54, 1.807) is 0 Å². The van der Waals surface area contributed by atoms with Gasteiger partial charge in [0, 0.05) is 11.5 Å². The summed E-state index contributed by atoms with van der Waals surface area (Å²) in [6.07, 6.45) is 0.967. The van der Waals surface area contributed by atoms with Crippen LogP contribution in [0.2, 0.25) is 5.04 Å². The maximum absolute atomic E-state index is 6.92. The highest BCUT2D eigenvalue weighted by Gasteiger charge is 2.49. The van der Waals surface area contributed by atoms with Crippen LogP contribution >= 0.6 is 11.3 Å². The Morgan fingerprint density at radius 2 is 1.42 bits per heavy atom. The lowest BCUT2D eigenvalue weighted by Gasteiger charge is -2.43. The van der Waals surface area contributed by atoms with Gasteiger partial charge in [0.2, 0.25) is 0 Å². The summed E-state index contributed by atoms with van der Waals surface area (Å²) in [7, 11) is -2.39. The van der Waals surface area contributed by atoms with Crippen LogP contribution in [0.4, 0.5) is 0 Å². The van der Waals surface area contributed by atoms with E-state index in [0.717, 1.165) is 13.0 Å². The monoisotopic (exact) mass is 380 g/mol. The Bertz CT molecular complexity index is 779. The molecule has 26 heavy (non-hydrogen) atoms. The van der Waals surface area contributed by atoms with Crippen LogP contribution in [-0.2, 0) is 10.8 Å². The molecule has 0 amide bonds. The van der Waals surface area contributed by atoms with Crippen molar-refractivity contribution < 1.29 is 4.43 Å². The second-order valence-corrected chi connectivity index (χ2v) is 13.2. The Kier molecular flexibility index (Phi) is 5.81. The van der Waals surface area contributed by atoms with Gasteiger partial charge in [0.25, 0.3) is 8.32 Å². The fourth-order valence-corrected chi connectivity index (χ4v) is 9.02. The average Bonchev–Trinajstić information content (AvgIpc) is 3.04. The van der Waals surface area contributed by atoms with Gasteiger partial charge in [-0.3, -0.25) is 0 Å². The SMILES string of the molecule is Cc1cc(CCO[Si](c2ccccc2)(c2ccccc2)C(C)(C)C)cs1. The summed E-state index contributed by atoms with van der Waals surface area (Å²) in [5.41, 5.74) is 1.38. The van der Waals surface area contributed by atoms with Crippen LogP contribution in [0.5, 0.6) is 0 Å². The predicted molar refractivity (Wildman–Crippen MR) is 116 cm³/mol. The van der Waals surface area contributed by atoms with E-state index in [4.69, 9.17) is 4.43 Å². The third-order valence-electron chi connectivity index (χ3n) is 4.91. The molecule has 1 heterocycles. The van der Waals surface area contributed by atoms with Crippen molar-refractivity contribution in [3.8, 4) is 0 Å². The van der Waals surface area contributed by atoms with Gasteiger partial charge in [-0.15, -0.1) is 11.3 Å². The normalized spacial score (nSPS) is 12.3. The molecule has 0 unspecified atom stereocenters. The molecule has 1 aromatic heterocycles. The van der Waals surface area contributed by atoms with Crippen molar-refractivity contribution >= 4 is 30.0 Å². The van der Waals surface area contributed by atoms with E-state index in [2.05, 4.69) is 99.8 Å². The molecule has 0 aliphatic rings. The summed E-state index contributed by atoms with van der Waals surface area (Å²) >= 11 is 1.82. The van der Waals surface area contributed by atoms with Gasteiger partial charge >= 0.3 is 0 Å². The highest BCUT2D eigenvalue weighted by atomic mass is 32.1. The standard InChI is InChI=1S/C23H28OSSi/c1-19-17-20(18-25-19)15-16-24-26(23(2,3)4,21-11-7-5-8-12-21)22-13-9-6-10-14-22/h5-14,17-18H,15-16H2,1-4H3. The van der Waals surface area contributed by atoms with E-state index in [9.17, 15) is 0 Å². The molecule has 3 heteroatoms. The van der Waals surface area contributed by atoms with Crippen LogP contribution in [0.1, 0.15) is 31.2 Å². The van der Waals surface area contributed by atoms with Crippen LogP contribution < -0.4 is 10.4 Å². The summed E-state index contributed by atoms with van der Waals surface area (Å²) < 4.78 is 6.92. The average molecular weight is 381 g/mol. The Balaban J connectivity index is 1.99. The smallest absolute Gasteiger partial charge is 0.261 e. The first-order valence-corrected chi connectivity index (χ1v) is 12.0. The number of hydrogen-bond donors (Lipinski definition) is 0. The van der Waals surface area contributed by atoms with Crippen molar-refractivity contribution in [2.45, 2.75) is 39.2 Å². The Hall–Kier alpha value is -1.68. The minimum Gasteiger partial charge on any atom is -0.407 e. The van der Waals surface area contributed by atoms with Gasteiger partial charge in [-0.1, -0.05) is 81.4 Å². The van der Waals surface area contributed by atoms with Crippen molar-refractivity contribution in [1.29, 1.82) is 0 Å². The third-order valence-corrected chi connectivity index (χ3v) is 10.9. The van der Waals surface area contributed by atoms with Gasteiger partial charge in [0.05, 0.1) is 0 Å². The number of hydrogen-bond acceptors (Lipinski definition) is 2. The zero-order chi connectivity index (χ0) is 18.6. The highest BCUT2D eigenvalue weighted by Crippen LogP contribution is 2.36. The molecule has 0 N–H and O–H groups in total. The Labute approximate surface area is 162 Å². The van der Waals surface area contributed by atoms with Crippen molar-refractivity contribution in [2.75, 3.05) is 6.61 Å². The first kappa shape index (κ1) is 19.1. The van der Waals surface area contributed by atoms with Crippen LogP contribution in [0.25, 0.3) is 0 Å². The molecular weight excluding hydrogens is 352 g/mol. The van der Waals surface area contributed by atoms with Gasteiger partial charge in [-0.25, -0.2) is 0 Å². The van der Waals surface area contributed by atoms with E-state index in [1.807, 2.05) is 11.3 Å². The quantitative estimate of drug-likeness (QED) is 0.536. The molecule has 0 bridgehead atoms. The minimum atomic E-state index is -2.39. The first-order valence-electron chi connectivity index (χ1n) is 9.22. The number of aryl methyl sites for hydroxylation is 1. The predicted octanol–water partition coefficient (Wildman–Crippen LogP) is 5.18. The molecule has 136 valence electrons. The minimum absolute atomic E-state index is 0.0419. The fourth-order valence-electron chi connectivity index (χ4n) is 3.71. The summed E-state index contributed by atoms with van der Waals surface area (Å²) in [4.78, 5) is 1.37. The molecule has 3 rings (SSSR count). The van der Waals surface area contributed by atoms with Crippen molar-refractivity contribution in [2.24, 2.45) is 0 Å². The lowest BCUT2D eigenvalue weighted by atomic mass is 10.2. The van der Waals surface area contributed by atoms with E-state index in [0.29, 0.717) is 0 Å². The Morgan fingerprint density at radius 1 is 0.885 bits per heavy atom. The van der Waals surface area contributed by atoms with E-state index in [1.165, 1.54) is 20.8 Å². The van der Waals surface area contributed by atoms with Crippen LogP contribution in [0, 0.1) is 6.92 Å². The van der Waals surface area contributed by atoms with Crippen LogP contribution in [-0.4, -0.2) is 14.9 Å². The van der Waals surface area contributed by atoms with Crippen LogP contribution in [0.3, 0.4) is 0 Å². The summed E-state index contributed by atoms with van der Waals surface area (Å²) in [5.74, 6) is 0. The van der Waals surface area contributed by atoms with Crippen LogP contribution in [0.15, 0.2) is 72.1 Å². The number of benzene rings is 2. The fraction of sp³-hybridized carbons (Fsp3) is 0.304. The molecule has 0 atom stereocenters. The zero-order valence-corrected chi connectivity index (χ0v) is 18.0. The molecule has 0 fully saturated rings. The second-order valence-electron chi connectivity index (χ2n) is 7.83. The molecule has 2 aromatic carbocycles. The van der Waals surface area contributed by atoms with Gasteiger partial charge in [0.15, 0.2) is 0 Å². The first-order chi connectivity index (χ1) is 12.4. The highest BCUT2D eigenvalue weighted by molar-refractivity contribution is 7.10. The largest absolute Gasteiger partial charge is 0.407 e. The zero-order valence-electron chi connectivity index (χ0n) is 16.2. The molecule has 1 nitrogen and oxygen atoms in total. The molecule has 0 aliphatic heterocycles. The van der Waals surface area contributed by atoms with Crippen molar-refractivity contribution in [1.82, 2.24) is 0 Å². The molecule has 0 aliphatic carbocycles.